The van der Waals surface area contributed by atoms with Crippen molar-refractivity contribution in [2.24, 2.45) is 0 Å². The number of nitrogens with zero attached hydrogens (tertiary/aromatic N) is 1. The molecule has 0 saturated carbocycles. The molecule has 1 atom stereocenters. The Bertz CT molecular complexity index is 527. The predicted molar refractivity (Wildman–Crippen MR) is 74.5 cm³/mol. The average Bonchev–Trinajstić information content (AvgIpc) is 2.69. The van der Waals surface area contributed by atoms with Gasteiger partial charge in [0, 0.05) is 11.1 Å². The highest BCUT2D eigenvalue weighted by molar-refractivity contribution is 7.16. The van der Waals surface area contributed by atoms with Crippen molar-refractivity contribution in [3.05, 3.63) is 49.3 Å². The van der Waals surface area contributed by atoms with Gasteiger partial charge < -0.3 is 5.32 Å². The Kier molecular flexibility index (Phi) is 4.28. The highest BCUT2D eigenvalue weighted by Crippen LogP contribution is 2.33. The molecule has 0 saturated heterocycles. The van der Waals surface area contributed by atoms with Crippen molar-refractivity contribution in [2.75, 3.05) is 7.05 Å². The maximum atomic E-state index is 6.14. The number of halogens is 3. The van der Waals surface area contributed by atoms with Crippen molar-refractivity contribution >= 4 is 46.1 Å². The van der Waals surface area contributed by atoms with E-state index in [1.807, 2.05) is 19.2 Å². The zero-order chi connectivity index (χ0) is 12.4. The van der Waals surface area contributed by atoms with E-state index in [4.69, 9.17) is 34.8 Å². The predicted octanol–water partition coefficient (Wildman–Crippen LogP) is 4.41. The standard InChI is InChI=1S/C11H9Cl3N2S/c1-15-11(8-2-3-9(14)17-8)10-7(13)4-6(12)5-16-10/h2-5,11,15H,1H3. The molecule has 0 spiro atoms. The summed E-state index contributed by atoms with van der Waals surface area (Å²) in [4.78, 5) is 5.34. The van der Waals surface area contributed by atoms with Crippen molar-refractivity contribution in [2.45, 2.75) is 6.04 Å². The summed E-state index contributed by atoms with van der Waals surface area (Å²) in [6.45, 7) is 0. The molecule has 2 nitrogen and oxygen atoms in total. The minimum absolute atomic E-state index is 0.0720. The van der Waals surface area contributed by atoms with Crippen LogP contribution in [0.25, 0.3) is 0 Å². The fourth-order valence-corrected chi connectivity index (χ4v) is 3.20. The first-order valence-corrected chi connectivity index (χ1v) is 6.80. The number of thiophene rings is 1. The van der Waals surface area contributed by atoms with E-state index in [1.54, 1.807) is 12.3 Å². The zero-order valence-corrected chi connectivity index (χ0v) is 12.0. The molecule has 0 bridgehead atoms. The summed E-state index contributed by atoms with van der Waals surface area (Å²) >= 11 is 19.4. The number of rotatable bonds is 3. The van der Waals surface area contributed by atoms with Crippen molar-refractivity contribution in [3.63, 3.8) is 0 Å². The Morgan fingerprint density at radius 1 is 1.29 bits per heavy atom. The molecule has 0 aromatic carbocycles. The van der Waals surface area contributed by atoms with Gasteiger partial charge in [0.15, 0.2) is 0 Å². The van der Waals surface area contributed by atoms with Crippen molar-refractivity contribution in [1.82, 2.24) is 10.3 Å². The lowest BCUT2D eigenvalue weighted by Gasteiger charge is -2.15. The fourth-order valence-electron chi connectivity index (χ4n) is 1.53. The van der Waals surface area contributed by atoms with Crippen LogP contribution in [0.3, 0.4) is 0 Å². The third-order valence-corrected chi connectivity index (χ3v) is 4.08. The molecule has 2 aromatic rings. The quantitative estimate of drug-likeness (QED) is 0.908. The Morgan fingerprint density at radius 2 is 2.06 bits per heavy atom. The smallest absolute Gasteiger partial charge is 0.0931 e. The largest absolute Gasteiger partial charge is 0.307 e. The van der Waals surface area contributed by atoms with E-state index in [0.717, 1.165) is 14.9 Å². The van der Waals surface area contributed by atoms with Crippen molar-refractivity contribution in [3.8, 4) is 0 Å². The molecule has 0 amide bonds. The van der Waals surface area contributed by atoms with Crippen molar-refractivity contribution < 1.29 is 0 Å². The van der Waals surface area contributed by atoms with Crippen LogP contribution in [0.15, 0.2) is 24.4 Å². The Hall–Kier alpha value is -0.320. The minimum Gasteiger partial charge on any atom is -0.307 e. The third kappa shape index (κ3) is 2.92. The molecular formula is C11H9Cl3N2S. The van der Waals surface area contributed by atoms with Gasteiger partial charge in [0.2, 0.25) is 0 Å². The Labute approximate surface area is 119 Å². The number of nitrogens with one attached hydrogen (secondary N) is 1. The Morgan fingerprint density at radius 3 is 2.59 bits per heavy atom. The van der Waals surface area contributed by atoms with Crippen LogP contribution in [0.4, 0.5) is 0 Å². The van der Waals surface area contributed by atoms with E-state index in [0.29, 0.717) is 10.0 Å². The molecule has 1 unspecified atom stereocenters. The molecule has 0 radical (unpaired) electrons. The first-order valence-electron chi connectivity index (χ1n) is 4.85. The normalized spacial score (nSPS) is 12.7. The van der Waals surface area contributed by atoms with Gasteiger partial charge in [-0.3, -0.25) is 4.98 Å². The van der Waals surface area contributed by atoms with Gasteiger partial charge in [-0.15, -0.1) is 11.3 Å². The summed E-state index contributed by atoms with van der Waals surface area (Å²) in [5, 5.41) is 4.24. The molecule has 2 rings (SSSR count). The molecule has 2 heterocycles. The molecule has 2 aromatic heterocycles. The summed E-state index contributed by atoms with van der Waals surface area (Å²) in [5.41, 5.74) is 0.747. The second kappa shape index (κ2) is 5.55. The summed E-state index contributed by atoms with van der Waals surface area (Å²) in [7, 11) is 1.85. The number of aromatic nitrogens is 1. The van der Waals surface area contributed by atoms with Gasteiger partial charge in [-0.2, -0.15) is 0 Å². The van der Waals surface area contributed by atoms with Crippen LogP contribution in [0.5, 0.6) is 0 Å². The minimum atomic E-state index is -0.0720. The van der Waals surface area contributed by atoms with Gasteiger partial charge in [0.25, 0.3) is 0 Å². The van der Waals surface area contributed by atoms with Gasteiger partial charge >= 0.3 is 0 Å². The van der Waals surface area contributed by atoms with Crippen LogP contribution < -0.4 is 5.32 Å². The summed E-state index contributed by atoms with van der Waals surface area (Å²) in [6.07, 6.45) is 1.59. The summed E-state index contributed by atoms with van der Waals surface area (Å²) in [5.74, 6) is 0. The molecule has 0 fully saturated rings. The Balaban J connectivity index is 2.42. The lowest BCUT2D eigenvalue weighted by atomic mass is 10.1. The van der Waals surface area contributed by atoms with E-state index < -0.39 is 0 Å². The monoisotopic (exact) mass is 306 g/mol. The maximum Gasteiger partial charge on any atom is 0.0931 e. The van der Waals surface area contributed by atoms with Crippen LogP contribution in [-0.4, -0.2) is 12.0 Å². The van der Waals surface area contributed by atoms with Gasteiger partial charge in [0.05, 0.1) is 26.1 Å². The van der Waals surface area contributed by atoms with Crippen LogP contribution in [0.1, 0.15) is 16.6 Å². The summed E-state index contributed by atoms with van der Waals surface area (Å²) < 4.78 is 0.741. The second-order valence-corrected chi connectivity index (χ2v) is 5.97. The molecule has 1 N–H and O–H groups in total. The van der Waals surface area contributed by atoms with Gasteiger partial charge in [-0.05, 0) is 25.2 Å². The highest BCUT2D eigenvalue weighted by atomic mass is 35.5. The highest BCUT2D eigenvalue weighted by Gasteiger charge is 2.18. The maximum absolute atomic E-state index is 6.14. The van der Waals surface area contributed by atoms with E-state index in [2.05, 4.69) is 10.3 Å². The van der Waals surface area contributed by atoms with E-state index >= 15 is 0 Å². The number of pyridine rings is 1. The summed E-state index contributed by atoms with van der Waals surface area (Å²) in [6, 6.07) is 5.43. The first-order chi connectivity index (χ1) is 8.11. The molecule has 17 heavy (non-hydrogen) atoms. The topological polar surface area (TPSA) is 24.9 Å². The van der Waals surface area contributed by atoms with E-state index in [-0.39, 0.29) is 6.04 Å². The third-order valence-electron chi connectivity index (χ3n) is 2.28. The van der Waals surface area contributed by atoms with Gasteiger partial charge in [-0.1, -0.05) is 34.8 Å². The van der Waals surface area contributed by atoms with Gasteiger partial charge in [0.1, 0.15) is 0 Å². The molecule has 0 aliphatic heterocycles. The molecular weight excluding hydrogens is 299 g/mol. The van der Waals surface area contributed by atoms with Crippen LogP contribution in [0, 0.1) is 0 Å². The average molecular weight is 308 g/mol. The SMILES string of the molecule is CNC(c1ccc(Cl)s1)c1ncc(Cl)cc1Cl. The zero-order valence-electron chi connectivity index (χ0n) is 8.88. The van der Waals surface area contributed by atoms with Crippen LogP contribution >= 0.6 is 46.1 Å². The van der Waals surface area contributed by atoms with Gasteiger partial charge in [-0.25, -0.2) is 0 Å². The van der Waals surface area contributed by atoms with Crippen LogP contribution in [0.2, 0.25) is 14.4 Å². The van der Waals surface area contributed by atoms with E-state index in [9.17, 15) is 0 Å². The lowest BCUT2D eigenvalue weighted by molar-refractivity contribution is 0.682. The number of hydrogen-bond acceptors (Lipinski definition) is 3. The molecule has 0 aliphatic rings. The van der Waals surface area contributed by atoms with Crippen molar-refractivity contribution in [1.29, 1.82) is 0 Å². The molecule has 6 heteroatoms. The van der Waals surface area contributed by atoms with Crippen LogP contribution in [-0.2, 0) is 0 Å². The van der Waals surface area contributed by atoms with E-state index in [1.165, 1.54) is 11.3 Å². The lowest BCUT2D eigenvalue weighted by Crippen LogP contribution is -2.18. The molecule has 0 aliphatic carbocycles. The number of hydrogen-bond donors (Lipinski definition) is 1. The first kappa shape index (κ1) is 13.1. The fraction of sp³-hybridized carbons (Fsp3) is 0.182. The molecule has 90 valence electrons. The second-order valence-electron chi connectivity index (χ2n) is 3.38.